The summed E-state index contributed by atoms with van der Waals surface area (Å²) in [6.07, 6.45) is 2.74. The number of amides is 1. The van der Waals surface area contributed by atoms with Gasteiger partial charge in [-0.1, -0.05) is 0 Å². The van der Waals surface area contributed by atoms with Crippen molar-refractivity contribution in [1.82, 2.24) is 4.98 Å². The van der Waals surface area contributed by atoms with Crippen LogP contribution in [0, 0.1) is 5.82 Å². The number of anilines is 1. The molecule has 114 valence electrons. The van der Waals surface area contributed by atoms with Crippen LogP contribution in [0.25, 0.3) is 0 Å². The summed E-state index contributed by atoms with van der Waals surface area (Å²) < 4.78 is 23.6. The molecule has 1 amide bonds. The fourth-order valence-corrected chi connectivity index (χ4v) is 2.14. The summed E-state index contributed by atoms with van der Waals surface area (Å²) in [5, 5.41) is 2.70. The molecule has 22 heavy (non-hydrogen) atoms. The molecule has 1 aromatic carbocycles. The Morgan fingerprint density at radius 3 is 2.64 bits per heavy atom. The average Bonchev–Trinajstić information content (AvgIpc) is 3.06. The van der Waals surface area contributed by atoms with Crippen LogP contribution in [0.3, 0.4) is 0 Å². The summed E-state index contributed by atoms with van der Waals surface area (Å²) in [6.45, 7) is 0.621. The Morgan fingerprint density at radius 1 is 1.23 bits per heavy atom. The van der Waals surface area contributed by atoms with Crippen molar-refractivity contribution in [2.24, 2.45) is 0 Å². The molecule has 0 spiro atoms. The van der Waals surface area contributed by atoms with Gasteiger partial charge in [0.1, 0.15) is 29.2 Å². The van der Waals surface area contributed by atoms with Crippen LogP contribution in [-0.2, 0) is 9.53 Å². The number of halogens is 1. The van der Waals surface area contributed by atoms with Gasteiger partial charge in [0.15, 0.2) is 0 Å². The number of rotatable bonds is 4. The number of carbonyl (C=O) groups is 1. The quantitative estimate of drug-likeness (QED) is 0.942. The van der Waals surface area contributed by atoms with Crippen LogP contribution < -0.4 is 10.1 Å². The van der Waals surface area contributed by atoms with E-state index in [1.54, 1.807) is 12.1 Å². The highest BCUT2D eigenvalue weighted by molar-refractivity contribution is 5.93. The van der Waals surface area contributed by atoms with Crippen LogP contribution in [-0.4, -0.2) is 23.6 Å². The maximum atomic E-state index is 12.8. The van der Waals surface area contributed by atoms with E-state index in [1.807, 2.05) is 0 Å². The van der Waals surface area contributed by atoms with Crippen molar-refractivity contribution in [3.05, 3.63) is 48.4 Å². The van der Waals surface area contributed by atoms with Crippen LogP contribution in [0.5, 0.6) is 11.5 Å². The van der Waals surface area contributed by atoms with E-state index >= 15 is 0 Å². The highest BCUT2D eigenvalue weighted by atomic mass is 19.1. The third-order valence-electron chi connectivity index (χ3n) is 3.26. The largest absolute Gasteiger partial charge is 0.456 e. The van der Waals surface area contributed by atoms with Gasteiger partial charge >= 0.3 is 0 Å². The monoisotopic (exact) mass is 302 g/mol. The third-order valence-corrected chi connectivity index (χ3v) is 3.26. The second-order valence-electron chi connectivity index (χ2n) is 4.93. The van der Waals surface area contributed by atoms with Crippen LogP contribution in [0.4, 0.5) is 10.2 Å². The fraction of sp³-hybridized carbons (Fsp3) is 0.250. The van der Waals surface area contributed by atoms with Crippen molar-refractivity contribution in [1.29, 1.82) is 0 Å². The van der Waals surface area contributed by atoms with Crippen LogP contribution in [0.2, 0.25) is 0 Å². The molecule has 3 rings (SSSR count). The highest BCUT2D eigenvalue weighted by Gasteiger charge is 2.23. The maximum Gasteiger partial charge on any atom is 0.254 e. The van der Waals surface area contributed by atoms with E-state index in [0.29, 0.717) is 23.9 Å². The Bertz CT molecular complexity index is 637. The molecule has 1 fully saturated rings. The predicted molar refractivity (Wildman–Crippen MR) is 78.3 cm³/mol. The van der Waals surface area contributed by atoms with Gasteiger partial charge in [-0.15, -0.1) is 0 Å². The number of nitrogens with one attached hydrogen (secondary N) is 1. The number of hydrogen-bond donors (Lipinski definition) is 1. The lowest BCUT2D eigenvalue weighted by molar-refractivity contribution is -0.124. The van der Waals surface area contributed by atoms with E-state index in [0.717, 1.165) is 12.8 Å². The van der Waals surface area contributed by atoms with Gasteiger partial charge in [0, 0.05) is 6.61 Å². The molecule has 2 aromatic rings. The van der Waals surface area contributed by atoms with Crippen LogP contribution in [0.1, 0.15) is 12.8 Å². The lowest BCUT2D eigenvalue weighted by atomic mass is 10.2. The summed E-state index contributed by atoms with van der Waals surface area (Å²) in [7, 11) is 0. The molecule has 1 aliphatic heterocycles. The van der Waals surface area contributed by atoms with E-state index < -0.39 is 6.10 Å². The molecular formula is C16H15FN2O3. The first-order chi connectivity index (χ1) is 10.7. The number of aromatic nitrogens is 1. The molecular weight excluding hydrogens is 287 g/mol. The van der Waals surface area contributed by atoms with Crippen molar-refractivity contribution >= 4 is 11.7 Å². The van der Waals surface area contributed by atoms with Crippen LogP contribution in [0.15, 0.2) is 42.6 Å². The van der Waals surface area contributed by atoms with E-state index in [2.05, 4.69) is 10.3 Å². The Morgan fingerprint density at radius 2 is 2.00 bits per heavy atom. The molecule has 2 heterocycles. The van der Waals surface area contributed by atoms with Crippen LogP contribution >= 0.6 is 0 Å². The first-order valence-corrected chi connectivity index (χ1v) is 7.03. The van der Waals surface area contributed by atoms with E-state index in [1.165, 1.54) is 30.5 Å². The molecule has 1 aliphatic rings. The minimum absolute atomic E-state index is 0.183. The molecule has 0 bridgehead atoms. The fourth-order valence-electron chi connectivity index (χ4n) is 2.14. The second-order valence-corrected chi connectivity index (χ2v) is 4.93. The smallest absolute Gasteiger partial charge is 0.254 e. The SMILES string of the molecule is O=C(Nc1ccc(Oc2ccc(F)cc2)cn1)[C@H]1CCCO1. The van der Waals surface area contributed by atoms with Gasteiger partial charge in [-0.25, -0.2) is 9.37 Å². The Kier molecular flexibility index (Phi) is 4.29. The number of nitrogens with zero attached hydrogens (tertiary/aromatic N) is 1. The van der Waals surface area contributed by atoms with Crippen molar-refractivity contribution in [3.63, 3.8) is 0 Å². The van der Waals surface area contributed by atoms with Gasteiger partial charge in [-0.2, -0.15) is 0 Å². The van der Waals surface area contributed by atoms with Crippen molar-refractivity contribution < 1.29 is 18.7 Å². The normalized spacial score (nSPS) is 17.2. The summed E-state index contributed by atoms with van der Waals surface area (Å²) in [4.78, 5) is 16.0. The molecule has 0 aliphatic carbocycles. The molecule has 1 atom stereocenters. The standard InChI is InChI=1S/C16H15FN2O3/c17-11-3-5-12(6-4-11)22-13-7-8-15(18-10-13)19-16(20)14-2-1-9-21-14/h3-8,10,14H,1-2,9H2,(H,18,19,20)/t14-/m1/s1. The molecule has 5 nitrogen and oxygen atoms in total. The second kappa shape index (κ2) is 6.53. The molecule has 1 N–H and O–H groups in total. The Labute approximate surface area is 127 Å². The van der Waals surface area contributed by atoms with Gasteiger partial charge in [0.2, 0.25) is 0 Å². The first-order valence-electron chi connectivity index (χ1n) is 7.03. The van der Waals surface area contributed by atoms with Gasteiger partial charge in [0.25, 0.3) is 5.91 Å². The van der Waals surface area contributed by atoms with Gasteiger partial charge in [0.05, 0.1) is 6.20 Å². The molecule has 1 aromatic heterocycles. The minimum atomic E-state index is -0.392. The Hall–Kier alpha value is -2.47. The summed E-state index contributed by atoms with van der Waals surface area (Å²) in [5.41, 5.74) is 0. The molecule has 0 unspecified atom stereocenters. The van der Waals surface area contributed by atoms with Gasteiger partial charge in [-0.3, -0.25) is 4.79 Å². The number of benzene rings is 1. The third kappa shape index (κ3) is 3.59. The molecule has 6 heteroatoms. The van der Waals surface area contributed by atoms with Gasteiger partial charge < -0.3 is 14.8 Å². The zero-order valence-electron chi connectivity index (χ0n) is 11.8. The average molecular weight is 302 g/mol. The minimum Gasteiger partial charge on any atom is -0.456 e. The van der Waals surface area contributed by atoms with E-state index in [-0.39, 0.29) is 11.7 Å². The van der Waals surface area contributed by atoms with Crippen molar-refractivity contribution in [2.45, 2.75) is 18.9 Å². The summed E-state index contributed by atoms with van der Waals surface area (Å²) in [6, 6.07) is 9.02. The highest BCUT2D eigenvalue weighted by Crippen LogP contribution is 2.22. The number of hydrogen-bond acceptors (Lipinski definition) is 4. The van der Waals surface area contributed by atoms with Crippen molar-refractivity contribution in [2.75, 3.05) is 11.9 Å². The van der Waals surface area contributed by atoms with E-state index in [9.17, 15) is 9.18 Å². The lowest BCUT2D eigenvalue weighted by Crippen LogP contribution is -2.27. The maximum absolute atomic E-state index is 12.8. The van der Waals surface area contributed by atoms with Crippen molar-refractivity contribution in [3.8, 4) is 11.5 Å². The predicted octanol–water partition coefficient (Wildman–Crippen LogP) is 3.13. The first kappa shape index (κ1) is 14.5. The number of pyridine rings is 1. The molecule has 1 saturated heterocycles. The molecule has 0 radical (unpaired) electrons. The topological polar surface area (TPSA) is 60.5 Å². The zero-order chi connectivity index (χ0) is 15.4. The number of ether oxygens (including phenoxy) is 2. The van der Waals surface area contributed by atoms with E-state index in [4.69, 9.17) is 9.47 Å². The summed E-state index contributed by atoms with van der Waals surface area (Å²) >= 11 is 0. The summed E-state index contributed by atoms with van der Waals surface area (Å²) in [5.74, 6) is 0.947. The zero-order valence-corrected chi connectivity index (χ0v) is 11.8. The number of carbonyl (C=O) groups excluding carboxylic acids is 1. The lowest BCUT2D eigenvalue weighted by Gasteiger charge is -2.10. The molecule has 0 saturated carbocycles. The van der Waals surface area contributed by atoms with Gasteiger partial charge in [-0.05, 0) is 49.2 Å². The Balaban J connectivity index is 1.60.